The summed E-state index contributed by atoms with van der Waals surface area (Å²) in [5.41, 5.74) is 19.1. The fourth-order valence-corrected chi connectivity index (χ4v) is 6.77. The van der Waals surface area contributed by atoms with Crippen LogP contribution in [-0.4, -0.2) is 0 Å². The van der Waals surface area contributed by atoms with Gasteiger partial charge in [0, 0.05) is 17.1 Å². The van der Waals surface area contributed by atoms with Crippen LogP contribution in [0.1, 0.15) is 61.2 Å². The molecule has 0 atom stereocenters. The summed E-state index contributed by atoms with van der Waals surface area (Å²) in [5.74, 6) is 0. The van der Waals surface area contributed by atoms with Crippen LogP contribution < -0.4 is 4.90 Å². The Morgan fingerprint density at radius 1 is 0.304 bits per heavy atom. The van der Waals surface area contributed by atoms with Crippen molar-refractivity contribution in [1.82, 2.24) is 0 Å². The first-order valence-corrected chi connectivity index (χ1v) is 19.4. The van der Waals surface area contributed by atoms with Gasteiger partial charge < -0.3 is 4.90 Å². The molecule has 0 unspecified atom stereocenters. The quantitative estimate of drug-likeness (QED) is 0.120. The topological polar surface area (TPSA) is 3.24 Å². The van der Waals surface area contributed by atoms with Crippen molar-refractivity contribution < 1.29 is 0 Å². The van der Waals surface area contributed by atoms with Gasteiger partial charge in [-0.1, -0.05) is 198 Å². The van der Waals surface area contributed by atoms with E-state index in [1.165, 1.54) is 61.2 Å². The number of hydrogen-bond donors (Lipinski definition) is 0. The summed E-state index contributed by atoms with van der Waals surface area (Å²) < 4.78 is 0. The van der Waals surface area contributed by atoms with Crippen molar-refractivity contribution in [2.24, 2.45) is 0 Å². The van der Waals surface area contributed by atoms with E-state index in [1.807, 2.05) is 0 Å². The molecule has 1 nitrogen and oxygen atoms in total. The van der Waals surface area contributed by atoms with Crippen molar-refractivity contribution in [2.45, 2.75) is 34.6 Å². The molecule has 1 heteroatoms. The second-order valence-corrected chi connectivity index (χ2v) is 14.7. The van der Waals surface area contributed by atoms with E-state index in [0.717, 1.165) is 28.2 Å². The molecule has 0 aliphatic rings. The van der Waals surface area contributed by atoms with Crippen LogP contribution in [0.15, 0.2) is 194 Å². The van der Waals surface area contributed by atoms with Gasteiger partial charge in [-0.2, -0.15) is 0 Å². The van der Waals surface area contributed by atoms with Crippen LogP contribution in [-0.2, 0) is 0 Å². The van der Waals surface area contributed by atoms with E-state index in [9.17, 15) is 0 Å². The molecule has 0 aromatic heterocycles. The van der Waals surface area contributed by atoms with Crippen molar-refractivity contribution in [3.63, 3.8) is 0 Å². The van der Waals surface area contributed by atoms with Crippen LogP contribution in [0.25, 0.3) is 23.3 Å². The number of aryl methyl sites for hydroxylation is 5. The number of hydrogen-bond acceptors (Lipinski definition) is 1. The smallest absolute Gasteiger partial charge is 0.0462 e. The third-order valence-electron chi connectivity index (χ3n) is 10.1. The first-order chi connectivity index (χ1) is 27.3. The second-order valence-electron chi connectivity index (χ2n) is 14.7. The van der Waals surface area contributed by atoms with Crippen LogP contribution in [0, 0.1) is 34.6 Å². The van der Waals surface area contributed by atoms with Crippen LogP contribution in [0.3, 0.4) is 0 Å². The molecular formula is C55H49N. The molecule has 0 saturated heterocycles. The minimum atomic E-state index is 1.11. The molecule has 0 fully saturated rings. The Bertz CT molecular complexity index is 2220. The molecule has 0 aliphatic heterocycles. The molecule has 0 radical (unpaired) electrons. The van der Waals surface area contributed by atoms with Gasteiger partial charge in [-0.25, -0.2) is 0 Å². The van der Waals surface area contributed by atoms with Crippen LogP contribution in [0.5, 0.6) is 0 Å². The molecule has 7 rings (SSSR count). The van der Waals surface area contributed by atoms with Crippen molar-refractivity contribution in [1.29, 1.82) is 0 Å². The van der Waals surface area contributed by atoms with E-state index in [0.29, 0.717) is 0 Å². The van der Waals surface area contributed by atoms with Crippen LogP contribution in [0.4, 0.5) is 17.1 Å². The van der Waals surface area contributed by atoms with E-state index in [4.69, 9.17) is 0 Å². The minimum absolute atomic E-state index is 1.11. The Hall–Kier alpha value is -6.70. The molecule has 0 amide bonds. The molecule has 7 aromatic rings. The summed E-state index contributed by atoms with van der Waals surface area (Å²) >= 11 is 0. The van der Waals surface area contributed by atoms with Gasteiger partial charge in [-0.15, -0.1) is 0 Å². The molecule has 56 heavy (non-hydrogen) atoms. The predicted molar refractivity (Wildman–Crippen MR) is 243 cm³/mol. The van der Waals surface area contributed by atoms with Crippen LogP contribution in [0.2, 0.25) is 0 Å². The SMILES string of the molecule is Cc1ccc(C(=C/C=C/c2ccc(N(c3ccc(C)cc3)c3ccc(/C=C/C=C(c4ccc(C)cc4)c4ccc(C)cc4)cc3)cc2)c2ccc(C)cc2)cc1. The Morgan fingerprint density at radius 3 is 0.804 bits per heavy atom. The molecule has 7 aromatic carbocycles. The summed E-state index contributed by atoms with van der Waals surface area (Å²) in [7, 11) is 0. The van der Waals surface area contributed by atoms with E-state index in [-0.39, 0.29) is 0 Å². The Balaban J connectivity index is 1.14. The number of nitrogens with zero attached hydrogens (tertiary/aromatic N) is 1. The maximum atomic E-state index is 2.32. The highest BCUT2D eigenvalue weighted by Gasteiger charge is 2.13. The van der Waals surface area contributed by atoms with Gasteiger partial charge in [0.2, 0.25) is 0 Å². The third-order valence-corrected chi connectivity index (χ3v) is 10.1. The zero-order valence-electron chi connectivity index (χ0n) is 33.1. The van der Waals surface area contributed by atoms with Gasteiger partial charge in [-0.3, -0.25) is 0 Å². The van der Waals surface area contributed by atoms with E-state index >= 15 is 0 Å². The molecule has 0 saturated carbocycles. The largest absolute Gasteiger partial charge is 0.311 e. The summed E-state index contributed by atoms with van der Waals surface area (Å²) in [6, 6.07) is 61.4. The van der Waals surface area contributed by atoms with E-state index < -0.39 is 0 Å². The second kappa shape index (κ2) is 17.6. The summed E-state index contributed by atoms with van der Waals surface area (Å²) in [6.07, 6.45) is 13.1. The van der Waals surface area contributed by atoms with E-state index in [2.05, 4.69) is 246 Å². The first-order valence-electron chi connectivity index (χ1n) is 19.4. The summed E-state index contributed by atoms with van der Waals surface area (Å²) in [5, 5.41) is 0. The number of benzene rings is 7. The Kier molecular flexibility index (Phi) is 11.8. The van der Waals surface area contributed by atoms with Gasteiger partial charge in [0.15, 0.2) is 0 Å². The van der Waals surface area contributed by atoms with Crippen molar-refractivity contribution in [2.75, 3.05) is 4.90 Å². The predicted octanol–water partition coefficient (Wildman–Crippen LogP) is 15.0. The lowest BCUT2D eigenvalue weighted by atomic mass is 9.96. The highest BCUT2D eigenvalue weighted by atomic mass is 15.1. The standard InChI is InChI=1S/C55H49N/c1-40-12-26-47(27-13-40)54(48-28-14-41(2)15-29-48)10-6-8-45-22-36-52(37-23-45)56(51-34-20-44(5)21-35-51)53-38-24-46(25-39-53)9-7-11-55(49-30-16-42(3)17-31-49)50-32-18-43(4)19-33-50/h6-39H,1-5H3/b8-6+,9-7+. The third kappa shape index (κ3) is 9.50. The van der Waals surface area contributed by atoms with Crippen LogP contribution >= 0.6 is 0 Å². The molecule has 0 N–H and O–H groups in total. The summed E-state index contributed by atoms with van der Waals surface area (Å²) in [6.45, 7) is 10.6. The maximum absolute atomic E-state index is 2.32. The lowest BCUT2D eigenvalue weighted by molar-refractivity contribution is 1.27. The van der Waals surface area contributed by atoms with Crippen molar-refractivity contribution in [3.05, 3.63) is 255 Å². The van der Waals surface area contributed by atoms with Gasteiger partial charge in [0.1, 0.15) is 0 Å². The number of rotatable bonds is 11. The minimum Gasteiger partial charge on any atom is -0.311 e. The molecular weight excluding hydrogens is 675 g/mol. The highest BCUT2D eigenvalue weighted by molar-refractivity contribution is 5.83. The fraction of sp³-hybridized carbons (Fsp3) is 0.0909. The zero-order valence-corrected chi connectivity index (χ0v) is 33.1. The normalized spacial score (nSPS) is 11.2. The Morgan fingerprint density at radius 2 is 0.536 bits per heavy atom. The Labute approximate surface area is 334 Å². The van der Waals surface area contributed by atoms with Gasteiger partial charge >= 0.3 is 0 Å². The van der Waals surface area contributed by atoms with Gasteiger partial charge in [0.25, 0.3) is 0 Å². The average Bonchev–Trinajstić information content (AvgIpc) is 3.22. The highest BCUT2D eigenvalue weighted by Crippen LogP contribution is 2.35. The lowest BCUT2D eigenvalue weighted by Crippen LogP contribution is -2.09. The zero-order chi connectivity index (χ0) is 38.9. The van der Waals surface area contributed by atoms with E-state index in [1.54, 1.807) is 0 Å². The van der Waals surface area contributed by atoms with Gasteiger partial charge in [0.05, 0.1) is 0 Å². The van der Waals surface area contributed by atoms with Crippen molar-refractivity contribution >= 4 is 40.4 Å². The van der Waals surface area contributed by atoms with Gasteiger partial charge in [-0.05, 0) is 116 Å². The molecule has 0 heterocycles. The number of anilines is 3. The lowest BCUT2D eigenvalue weighted by Gasteiger charge is -2.26. The maximum Gasteiger partial charge on any atom is 0.0462 e. The molecule has 0 aliphatic carbocycles. The number of allylic oxidation sites excluding steroid dienone is 4. The molecule has 274 valence electrons. The average molecular weight is 724 g/mol. The fourth-order valence-electron chi connectivity index (χ4n) is 6.77. The first kappa shape index (κ1) is 37.6. The molecule has 0 bridgehead atoms. The van der Waals surface area contributed by atoms with Crippen molar-refractivity contribution in [3.8, 4) is 0 Å². The summed E-state index contributed by atoms with van der Waals surface area (Å²) in [4.78, 5) is 2.32. The monoisotopic (exact) mass is 723 g/mol. The molecule has 0 spiro atoms.